The summed E-state index contributed by atoms with van der Waals surface area (Å²) in [5.74, 6) is -2.67. The van der Waals surface area contributed by atoms with Gasteiger partial charge in [0.2, 0.25) is 0 Å². The summed E-state index contributed by atoms with van der Waals surface area (Å²) in [6.45, 7) is 2.24. The molecule has 30 heavy (non-hydrogen) atoms. The third-order valence-electron chi connectivity index (χ3n) is 6.52. The van der Waals surface area contributed by atoms with Gasteiger partial charge in [0.25, 0.3) is 0 Å². The molecule has 0 spiro atoms. The number of ether oxygens (including phenoxy) is 1. The monoisotopic (exact) mass is 434 g/mol. The third kappa shape index (κ3) is 5.94. The summed E-state index contributed by atoms with van der Waals surface area (Å²) in [5.41, 5.74) is 1.14. The zero-order valence-corrected chi connectivity index (χ0v) is 17.0. The fraction of sp³-hybridized carbons (Fsp3) is 0.652. The Kier molecular flexibility index (Phi) is 7.08. The molecule has 0 aliphatic heterocycles. The van der Waals surface area contributed by atoms with Crippen molar-refractivity contribution in [3.05, 3.63) is 41.7 Å². The van der Waals surface area contributed by atoms with Gasteiger partial charge in [-0.05, 0) is 80.1 Å². The first-order valence-corrected chi connectivity index (χ1v) is 10.7. The maximum atomic E-state index is 14.6. The normalized spacial score (nSPS) is 29.0. The minimum Gasteiger partial charge on any atom is -0.432 e. The fourth-order valence-corrected chi connectivity index (χ4v) is 4.57. The molecule has 0 aromatic heterocycles. The van der Waals surface area contributed by atoms with Crippen molar-refractivity contribution in [2.24, 2.45) is 17.8 Å². The lowest BCUT2D eigenvalue weighted by molar-refractivity contribution is -0.223. The average molecular weight is 434 g/mol. The second-order valence-corrected chi connectivity index (χ2v) is 8.81. The smallest absolute Gasteiger partial charge is 0.432 e. The van der Waals surface area contributed by atoms with Gasteiger partial charge in [-0.2, -0.15) is 22.0 Å². The van der Waals surface area contributed by atoms with Gasteiger partial charge < -0.3 is 4.74 Å². The lowest BCUT2D eigenvalue weighted by Gasteiger charge is -2.32. The second kappa shape index (κ2) is 9.23. The van der Waals surface area contributed by atoms with Gasteiger partial charge in [0, 0.05) is 0 Å². The summed E-state index contributed by atoms with van der Waals surface area (Å²) in [6.07, 6.45) is -3.26. The van der Waals surface area contributed by atoms with Gasteiger partial charge in [0.15, 0.2) is 5.83 Å². The minimum atomic E-state index is -5.02. The van der Waals surface area contributed by atoms with Crippen molar-refractivity contribution in [2.75, 3.05) is 0 Å². The van der Waals surface area contributed by atoms with Gasteiger partial charge in [0.05, 0.1) is 5.92 Å². The standard InChI is InChI=1S/C23H28F6O/c1-15-2-6-17(7-3-15)18-8-12-20(13-9-18)30-23(28,29)19-10-4-16(5-11-19)14-21(24)22(25,26)27/h8-9,12-17,19H,2-7,10-11H2,1H3. The van der Waals surface area contributed by atoms with Crippen LogP contribution in [0.2, 0.25) is 0 Å². The number of alkyl halides is 5. The van der Waals surface area contributed by atoms with Crippen LogP contribution in [0.15, 0.2) is 36.2 Å². The predicted molar refractivity (Wildman–Crippen MR) is 103 cm³/mol. The molecular weight excluding hydrogens is 406 g/mol. The molecule has 168 valence electrons. The fourth-order valence-electron chi connectivity index (χ4n) is 4.57. The Balaban J connectivity index is 1.54. The van der Waals surface area contributed by atoms with Crippen molar-refractivity contribution in [2.45, 2.75) is 76.5 Å². The molecule has 2 saturated carbocycles. The zero-order chi connectivity index (χ0) is 21.9. The summed E-state index contributed by atoms with van der Waals surface area (Å²) in [5, 5.41) is 0. The van der Waals surface area contributed by atoms with Crippen LogP contribution in [0.5, 0.6) is 5.75 Å². The van der Waals surface area contributed by atoms with Gasteiger partial charge in [-0.15, -0.1) is 0 Å². The quantitative estimate of drug-likeness (QED) is 0.425. The van der Waals surface area contributed by atoms with E-state index in [9.17, 15) is 26.3 Å². The molecule has 2 fully saturated rings. The molecule has 1 nitrogen and oxygen atoms in total. The Morgan fingerprint density at radius 1 is 0.867 bits per heavy atom. The van der Waals surface area contributed by atoms with Crippen LogP contribution in [0.25, 0.3) is 0 Å². The number of allylic oxidation sites excluding steroid dienone is 2. The van der Waals surface area contributed by atoms with Crippen LogP contribution < -0.4 is 4.74 Å². The SMILES string of the molecule is CC1CCC(c2ccc(OC(F)(F)C3CCC(C=C(F)C(F)(F)F)CC3)cc2)CC1. The number of halogens is 6. The van der Waals surface area contributed by atoms with E-state index in [1.807, 2.05) is 12.1 Å². The summed E-state index contributed by atoms with van der Waals surface area (Å²) < 4.78 is 84.1. The van der Waals surface area contributed by atoms with E-state index in [1.165, 1.54) is 12.8 Å². The number of hydrogen-bond donors (Lipinski definition) is 0. The molecule has 0 N–H and O–H groups in total. The van der Waals surface area contributed by atoms with E-state index >= 15 is 0 Å². The van der Waals surface area contributed by atoms with E-state index in [2.05, 4.69) is 6.92 Å². The van der Waals surface area contributed by atoms with Gasteiger partial charge in [-0.3, -0.25) is 0 Å². The highest BCUT2D eigenvalue weighted by Gasteiger charge is 2.44. The largest absolute Gasteiger partial charge is 0.442 e. The summed E-state index contributed by atoms with van der Waals surface area (Å²) in [6, 6.07) is 6.81. The zero-order valence-electron chi connectivity index (χ0n) is 17.0. The van der Waals surface area contributed by atoms with Crippen LogP contribution >= 0.6 is 0 Å². The van der Waals surface area contributed by atoms with Crippen LogP contribution in [-0.4, -0.2) is 12.3 Å². The van der Waals surface area contributed by atoms with E-state index in [-0.39, 0.29) is 31.4 Å². The van der Waals surface area contributed by atoms with Crippen molar-refractivity contribution in [1.29, 1.82) is 0 Å². The van der Waals surface area contributed by atoms with Gasteiger partial charge in [0.1, 0.15) is 5.75 Å². The molecule has 0 amide bonds. The topological polar surface area (TPSA) is 9.23 Å². The molecule has 2 aliphatic carbocycles. The molecule has 2 aliphatic rings. The van der Waals surface area contributed by atoms with Crippen LogP contribution in [0.1, 0.15) is 69.8 Å². The Morgan fingerprint density at radius 3 is 1.97 bits per heavy atom. The molecule has 0 unspecified atom stereocenters. The summed E-state index contributed by atoms with van der Waals surface area (Å²) >= 11 is 0. The van der Waals surface area contributed by atoms with Crippen LogP contribution in [0.3, 0.4) is 0 Å². The van der Waals surface area contributed by atoms with E-state index in [4.69, 9.17) is 4.74 Å². The van der Waals surface area contributed by atoms with E-state index in [1.54, 1.807) is 12.1 Å². The molecule has 0 heterocycles. The van der Waals surface area contributed by atoms with Crippen molar-refractivity contribution in [3.8, 4) is 5.75 Å². The van der Waals surface area contributed by atoms with Crippen LogP contribution in [-0.2, 0) is 0 Å². The van der Waals surface area contributed by atoms with Crippen LogP contribution in [0.4, 0.5) is 26.3 Å². The molecule has 0 saturated heterocycles. The molecule has 0 bridgehead atoms. The van der Waals surface area contributed by atoms with Gasteiger partial charge in [-0.25, -0.2) is 4.39 Å². The summed E-state index contributed by atoms with van der Waals surface area (Å²) in [7, 11) is 0. The number of benzene rings is 1. The maximum Gasteiger partial charge on any atom is 0.442 e. The lowest BCUT2D eigenvalue weighted by atomic mass is 9.79. The van der Waals surface area contributed by atoms with E-state index in [0.717, 1.165) is 24.3 Å². The first-order valence-electron chi connectivity index (χ1n) is 10.7. The Morgan fingerprint density at radius 2 is 1.43 bits per heavy atom. The molecule has 3 rings (SSSR count). The van der Waals surface area contributed by atoms with Crippen molar-refractivity contribution < 1.29 is 31.1 Å². The highest BCUT2D eigenvalue weighted by Crippen LogP contribution is 2.42. The highest BCUT2D eigenvalue weighted by molar-refractivity contribution is 5.30. The van der Waals surface area contributed by atoms with Crippen LogP contribution in [0, 0.1) is 17.8 Å². The van der Waals surface area contributed by atoms with Gasteiger partial charge in [-0.1, -0.05) is 31.9 Å². The number of hydrogen-bond acceptors (Lipinski definition) is 1. The molecule has 0 radical (unpaired) electrons. The van der Waals surface area contributed by atoms with Gasteiger partial charge >= 0.3 is 12.3 Å². The number of rotatable bonds is 5. The third-order valence-corrected chi connectivity index (χ3v) is 6.52. The molecule has 0 atom stereocenters. The second-order valence-electron chi connectivity index (χ2n) is 8.81. The Bertz CT molecular complexity index is 708. The Labute approximate surface area is 173 Å². The average Bonchev–Trinajstić information content (AvgIpc) is 2.69. The molecule has 1 aromatic carbocycles. The first kappa shape index (κ1) is 23.0. The van der Waals surface area contributed by atoms with Crippen molar-refractivity contribution in [1.82, 2.24) is 0 Å². The predicted octanol–water partition coefficient (Wildman–Crippen LogP) is 8.17. The maximum absolute atomic E-state index is 14.6. The lowest BCUT2D eigenvalue weighted by Crippen LogP contribution is -2.37. The molecular formula is C23H28F6O. The minimum absolute atomic E-state index is 0.0162. The molecule has 1 aromatic rings. The Hall–Kier alpha value is -1.66. The van der Waals surface area contributed by atoms with Crippen molar-refractivity contribution >= 4 is 0 Å². The first-order chi connectivity index (χ1) is 14.0. The summed E-state index contributed by atoms with van der Waals surface area (Å²) in [4.78, 5) is 0. The highest BCUT2D eigenvalue weighted by atomic mass is 19.4. The van der Waals surface area contributed by atoms with E-state index < -0.39 is 29.9 Å². The molecule has 7 heteroatoms. The van der Waals surface area contributed by atoms with Crippen molar-refractivity contribution in [3.63, 3.8) is 0 Å². The van der Waals surface area contributed by atoms with E-state index in [0.29, 0.717) is 12.0 Å².